The standard InChI is InChI=1S/C32H30Cl2N2O2/c33-28-18-17-27(29(34)21-28)22-35-32(38)30(20-25-12-6-2-7-13-25)36(23-26-14-8-3-9-15-26)31(37)19-16-24-10-4-1-5-11-24/h1-15,17-18,21,30H,16,19-20,22-23H2,(H,35,38)/t30-/m0/s1. The molecule has 0 aliphatic rings. The van der Waals surface area contributed by atoms with Gasteiger partial charge >= 0.3 is 0 Å². The van der Waals surface area contributed by atoms with Gasteiger partial charge in [-0.05, 0) is 40.8 Å². The van der Waals surface area contributed by atoms with E-state index in [1.807, 2.05) is 91.0 Å². The van der Waals surface area contributed by atoms with Crippen LogP contribution < -0.4 is 5.32 Å². The number of aryl methyl sites for hydroxylation is 1. The second kappa shape index (κ2) is 13.8. The van der Waals surface area contributed by atoms with Crippen LogP contribution in [-0.4, -0.2) is 22.8 Å². The number of hydrogen-bond donors (Lipinski definition) is 1. The van der Waals surface area contributed by atoms with Gasteiger partial charge in [0, 0.05) is 36.0 Å². The van der Waals surface area contributed by atoms with Gasteiger partial charge in [-0.3, -0.25) is 9.59 Å². The van der Waals surface area contributed by atoms with E-state index in [1.165, 1.54) is 0 Å². The first-order valence-electron chi connectivity index (χ1n) is 12.6. The number of carbonyl (C=O) groups excluding carboxylic acids is 2. The Morgan fingerprint density at radius 2 is 1.32 bits per heavy atom. The van der Waals surface area contributed by atoms with E-state index in [0.717, 1.165) is 22.3 Å². The van der Waals surface area contributed by atoms with Gasteiger partial charge in [0.1, 0.15) is 6.04 Å². The van der Waals surface area contributed by atoms with E-state index in [2.05, 4.69) is 5.32 Å². The second-order valence-electron chi connectivity index (χ2n) is 9.15. The van der Waals surface area contributed by atoms with Crippen LogP contribution in [0.3, 0.4) is 0 Å². The molecule has 6 heteroatoms. The van der Waals surface area contributed by atoms with Crippen molar-refractivity contribution in [3.8, 4) is 0 Å². The average Bonchev–Trinajstić information content (AvgIpc) is 2.94. The van der Waals surface area contributed by atoms with E-state index in [9.17, 15) is 9.59 Å². The molecule has 0 fully saturated rings. The van der Waals surface area contributed by atoms with Crippen molar-refractivity contribution in [2.45, 2.75) is 38.4 Å². The lowest BCUT2D eigenvalue weighted by Gasteiger charge is -2.32. The van der Waals surface area contributed by atoms with Gasteiger partial charge in [0.15, 0.2) is 0 Å². The maximum atomic E-state index is 13.7. The van der Waals surface area contributed by atoms with Gasteiger partial charge in [-0.1, -0.05) is 120 Å². The van der Waals surface area contributed by atoms with Gasteiger partial charge in [0.2, 0.25) is 11.8 Å². The Morgan fingerprint density at radius 3 is 1.92 bits per heavy atom. The van der Waals surface area contributed by atoms with Crippen molar-refractivity contribution >= 4 is 35.0 Å². The number of amides is 2. The molecule has 0 aliphatic heterocycles. The molecule has 0 bridgehead atoms. The van der Waals surface area contributed by atoms with E-state index in [-0.39, 0.29) is 18.4 Å². The van der Waals surface area contributed by atoms with E-state index in [4.69, 9.17) is 23.2 Å². The third kappa shape index (κ3) is 7.95. The summed E-state index contributed by atoms with van der Waals surface area (Å²) in [5.74, 6) is -0.304. The Bertz CT molecular complexity index is 1330. The van der Waals surface area contributed by atoms with Gasteiger partial charge in [-0.25, -0.2) is 0 Å². The minimum Gasteiger partial charge on any atom is -0.350 e. The summed E-state index contributed by atoms with van der Waals surface area (Å²) in [6.45, 7) is 0.568. The first-order chi connectivity index (χ1) is 18.5. The van der Waals surface area contributed by atoms with Crippen molar-refractivity contribution in [3.63, 3.8) is 0 Å². The van der Waals surface area contributed by atoms with Crippen molar-refractivity contribution in [2.75, 3.05) is 0 Å². The summed E-state index contributed by atoms with van der Waals surface area (Å²) in [4.78, 5) is 29.2. The molecule has 4 aromatic carbocycles. The Hall–Kier alpha value is -3.60. The van der Waals surface area contributed by atoms with Crippen LogP contribution in [0.15, 0.2) is 109 Å². The van der Waals surface area contributed by atoms with Gasteiger partial charge in [0.25, 0.3) is 0 Å². The fourth-order valence-electron chi connectivity index (χ4n) is 4.34. The molecule has 0 aromatic heterocycles. The molecule has 4 rings (SSSR count). The van der Waals surface area contributed by atoms with E-state index >= 15 is 0 Å². The molecule has 0 radical (unpaired) electrons. The van der Waals surface area contributed by atoms with Crippen molar-refractivity contribution in [3.05, 3.63) is 141 Å². The minimum absolute atomic E-state index is 0.0710. The zero-order chi connectivity index (χ0) is 26.7. The summed E-state index contributed by atoms with van der Waals surface area (Å²) in [6.07, 6.45) is 1.30. The molecule has 4 nitrogen and oxygen atoms in total. The quantitative estimate of drug-likeness (QED) is 0.223. The molecular formula is C32H30Cl2N2O2. The predicted molar refractivity (Wildman–Crippen MR) is 154 cm³/mol. The Kier molecular flexibility index (Phi) is 9.97. The van der Waals surface area contributed by atoms with Gasteiger partial charge in [-0.15, -0.1) is 0 Å². The normalized spacial score (nSPS) is 11.5. The molecule has 2 amide bonds. The first kappa shape index (κ1) is 27.4. The molecule has 1 atom stereocenters. The zero-order valence-corrected chi connectivity index (χ0v) is 22.5. The smallest absolute Gasteiger partial charge is 0.243 e. The summed E-state index contributed by atoms with van der Waals surface area (Å²) >= 11 is 12.4. The fourth-order valence-corrected chi connectivity index (χ4v) is 4.81. The third-order valence-corrected chi connectivity index (χ3v) is 6.99. The van der Waals surface area contributed by atoms with Crippen LogP contribution in [0.2, 0.25) is 10.0 Å². The molecular weight excluding hydrogens is 515 g/mol. The number of nitrogens with one attached hydrogen (secondary N) is 1. The summed E-state index contributed by atoms with van der Waals surface area (Å²) < 4.78 is 0. The van der Waals surface area contributed by atoms with Gasteiger partial charge in [0.05, 0.1) is 0 Å². The predicted octanol–water partition coefficient (Wildman–Crippen LogP) is 6.88. The van der Waals surface area contributed by atoms with Crippen LogP contribution in [0.4, 0.5) is 0 Å². The van der Waals surface area contributed by atoms with Crippen molar-refractivity contribution in [1.82, 2.24) is 10.2 Å². The van der Waals surface area contributed by atoms with Gasteiger partial charge in [-0.2, -0.15) is 0 Å². The molecule has 38 heavy (non-hydrogen) atoms. The third-order valence-electron chi connectivity index (χ3n) is 6.41. The Morgan fingerprint density at radius 1 is 0.737 bits per heavy atom. The van der Waals surface area contributed by atoms with Crippen LogP contribution >= 0.6 is 23.2 Å². The lowest BCUT2D eigenvalue weighted by molar-refractivity contribution is -0.141. The van der Waals surface area contributed by atoms with Crippen LogP contribution in [0, 0.1) is 0 Å². The topological polar surface area (TPSA) is 49.4 Å². The van der Waals surface area contributed by atoms with Crippen molar-refractivity contribution in [2.24, 2.45) is 0 Å². The van der Waals surface area contributed by atoms with E-state index in [0.29, 0.717) is 35.9 Å². The molecule has 0 saturated carbocycles. The first-order valence-corrected chi connectivity index (χ1v) is 13.4. The van der Waals surface area contributed by atoms with E-state index in [1.54, 1.807) is 23.1 Å². The van der Waals surface area contributed by atoms with Crippen molar-refractivity contribution < 1.29 is 9.59 Å². The van der Waals surface area contributed by atoms with Crippen LogP contribution in [0.5, 0.6) is 0 Å². The number of rotatable bonds is 11. The minimum atomic E-state index is -0.702. The summed E-state index contributed by atoms with van der Waals surface area (Å²) in [7, 11) is 0. The summed E-state index contributed by atoms with van der Waals surface area (Å²) in [5.41, 5.74) is 3.79. The van der Waals surface area contributed by atoms with Crippen molar-refractivity contribution in [1.29, 1.82) is 0 Å². The highest BCUT2D eigenvalue weighted by Crippen LogP contribution is 2.22. The molecule has 4 aromatic rings. The second-order valence-corrected chi connectivity index (χ2v) is 10.00. The number of halogens is 2. The number of carbonyl (C=O) groups is 2. The Balaban J connectivity index is 1.60. The van der Waals surface area contributed by atoms with Gasteiger partial charge < -0.3 is 10.2 Å². The maximum absolute atomic E-state index is 13.7. The molecule has 0 heterocycles. The summed E-state index contributed by atoms with van der Waals surface area (Å²) in [5, 5.41) is 4.03. The molecule has 0 spiro atoms. The highest BCUT2D eigenvalue weighted by molar-refractivity contribution is 6.35. The molecule has 0 saturated heterocycles. The molecule has 0 aliphatic carbocycles. The van der Waals surface area contributed by atoms with Crippen LogP contribution in [0.1, 0.15) is 28.7 Å². The number of benzene rings is 4. The maximum Gasteiger partial charge on any atom is 0.243 e. The van der Waals surface area contributed by atoms with Crippen LogP contribution in [0.25, 0.3) is 0 Å². The monoisotopic (exact) mass is 544 g/mol. The molecule has 0 unspecified atom stereocenters. The fraction of sp³-hybridized carbons (Fsp3) is 0.188. The highest BCUT2D eigenvalue weighted by Gasteiger charge is 2.30. The van der Waals surface area contributed by atoms with E-state index < -0.39 is 6.04 Å². The lowest BCUT2D eigenvalue weighted by Crippen LogP contribution is -2.50. The lowest BCUT2D eigenvalue weighted by atomic mass is 10.0. The zero-order valence-electron chi connectivity index (χ0n) is 21.0. The Labute approximate surface area is 234 Å². The largest absolute Gasteiger partial charge is 0.350 e. The average molecular weight is 546 g/mol. The van der Waals surface area contributed by atoms with Crippen LogP contribution in [-0.2, 0) is 35.5 Å². The number of nitrogens with zero attached hydrogens (tertiary/aromatic N) is 1. The summed E-state index contributed by atoms with van der Waals surface area (Å²) in [6, 6.07) is 34.0. The SMILES string of the molecule is O=C(NCc1ccc(Cl)cc1Cl)[C@H](Cc1ccccc1)N(Cc1ccccc1)C(=O)CCc1ccccc1. The highest BCUT2D eigenvalue weighted by atomic mass is 35.5. The number of hydrogen-bond acceptors (Lipinski definition) is 2. The molecule has 194 valence electrons. The molecule has 1 N–H and O–H groups in total.